The third kappa shape index (κ3) is 4.95. The van der Waals surface area contributed by atoms with Gasteiger partial charge in [-0.2, -0.15) is 5.10 Å². The van der Waals surface area contributed by atoms with E-state index in [1.165, 1.54) is 17.1 Å². The minimum Gasteiger partial charge on any atom is -0.481 e. The average molecular weight is 562 g/mol. The fourth-order valence-electron chi connectivity index (χ4n) is 4.61. The summed E-state index contributed by atoms with van der Waals surface area (Å²) in [6.45, 7) is 0. The van der Waals surface area contributed by atoms with Gasteiger partial charge >= 0.3 is 5.97 Å². The number of aromatic amines is 1. The van der Waals surface area contributed by atoms with E-state index < -0.39 is 23.7 Å². The molecule has 186 valence electrons. The third-order valence-electron chi connectivity index (χ3n) is 6.30. The number of nitrogens with one attached hydrogen (secondary N) is 1. The number of hydrogen-bond acceptors (Lipinski definition) is 4. The van der Waals surface area contributed by atoms with Crippen LogP contribution in [0.5, 0.6) is 0 Å². The van der Waals surface area contributed by atoms with Gasteiger partial charge in [-0.05, 0) is 41.5 Å². The van der Waals surface area contributed by atoms with Crippen LogP contribution in [0.2, 0.25) is 0 Å². The Bertz CT molecular complexity index is 1600. The van der Waals surface area contributed by atoms with Gasteiger partial charge in [0.05, 0.1) is 23.7 Å². The standard InChI is InChI=1S/C28H21BrFN3O4/c29-18-8-11-21-20(14-18)26(17-4-2-1-3-5-17)27(28(37)31-21)22-15-23(16-6-9-19(30)10-7-16)33(32-22)24(34)12-13-25(35)36/h1-11,14,23H,12-13,15H2,(H,31,37)(H,35,36)/t23-/m1/s1. The van der Waals surface area contributed by atoms with Gasteiger partial charge in [-0.15, -0.1) is 0 Å². The second-order valence-electron chi connectivity index (χ2n) is 8.71. The van der Waals surface area contributed by atoms with Crippen molar-refractivity contribution in [3.63, 3.8) is 0 Å². The molecule has 1 atom stereocenters. The summed E-state index contributed by atoms with van der Waals surface area (Å²) in [5, 5.41) is 15.7. The third-order valence-corrected chi connectivity index (χ3v) is 6.79. The predicted molar refractivity (Wildman–Crippen MR) is 142 cm³/mol. The van der Waals surface area contributed by atoms with E-state index >= 15 is 0 Å². The van der Waals surface area contributed by atoms with Gasteiger partial charge in [-0.1, -0.05) is 58.4 Å². The summed E-state index contributed by atoms with van der Waals surface area (Å²) in [5.74, 6) is -2.01. The molecular formula is C28H21BrFN3O4. The van der Waals surface area contributed by atoms with E-state index in [0.717, 1.165) is 15.4 Å². The van der Waals surface area contributed by atoms with Gasteiger partial charge < -0.3 is 10.1 Å². The van der Waals surface area contributed by atoms with Crippen LogP contribution in [-0.4, -0.2) is 32.7 Å². The summed E-state index contributed by atoms with van der Waals surface area (Å²) in [4.78, 5) is 40.6. The van der Waals surface area contributed by atoms with E-state index in [2.05, 4.69) is 26.0 Å². The van der Waals surface area contributed by atoms with Crippen molar-refractivity contribution in [1.29, 1.82) is 0 Å². The van der Waals surface area contributed by atoms with E-state index in [1.54, 1.807) is 12.1 Å². The Morgan fingerprint density at radius 3 is 2.46 bits per heavy atom. The molecule has 0 aliphatic carbocycles. The molecule has 7 nitrogen and oxygen atoms in total. The maximum Gasteiger partial charge on any atom is 0.303 e. The number of carboxylic acid groups (broad SMARTS) is 1. The molecule has 9 heteroatoms. The number of carbonyl (C=O) groups is 2. The minimum atomic E-state index is -1.10. The predicted octanol–water partition coefficient (Wildman–Crippen LogP) is 5.64. The summed E-state index contributed by atoms with van der Waals surface area (Å²) < 4.78 is 14.5. The Morgan fingerprint density at radius 1 is 1.03 bits per heavy atom. The molecule has 2 N–H and O–H groups in total. The van der Waals surface area contributed by atoms with Crippen LogP contribution < -0.4 is 5.56 Å². The lowest BCUT2D eigenvalue weighted by molar-refractivity contribution is -0.141. The lowest BCUT2D eigenvalue weighted by Crippen LogP contribution is -2.27. The van der Waals surface area contributed by atoms with Crippen molar-refractivity contribution in [2.45, 2.75) is 25.3 Å². The SMILES string of the molecule is O=C(O)CCC(=O)N1N=C(c2c(-c3ccccc3)c3cc(Br)ccc3[nH]c2=O)C[C@@H]1c1ccc(F)cc1. The lowest BCUT2D eigenvalue weighted by Gasteiger charge is -2.21. The van der Waals surface area contributed by atoms with E-state index in [4.69, 9.17) is 5.11 Å². The van der Waals surface area contributed by atoms with E-state index in [-0.39, 0.29) is 24.8 Å². The monoisotopic (exact) mass is 561 g/mol. The summed E-state index contributed by atoms with van der Waals surface area (Å²) in [5.41, 5.74) is 3.13. The maximum absolute atomic E-state index is 13.6. The molecule has 0 saturated heterocycles. The highest BCUT2D eigenvalue weighted by molar-refractivity contribution is 9.10. The zero-order chi connectivity index (χ0) is 26.1. The Morgan fingerprint density at radius 2 is 1.76 bits per heavy atom. The molecule has 4 aromatic rings. The quantitative estimate of drug-likeness (QED) is 0.318. The Hall–Kier alpha value is -4.11. The number of hydrazone groups is 1. The molecular weight excluding hydrogens is 541 g/mol. The number of rotatable bonds is 6. The number of aromatic nitrogens is 1. The largest absolute Gasteiger partial charge is 0.481 e. The van der Waals surface area contributed by atoms with Gasteiger partial charge in [0.1, 0.15) is 5.82 Å². The summed E-state index contributed by atoms with van der Waals surface area (Å²) in [6, 6.07) is 20.1. The molecule has 1 aliphatic rings. The number of carbonyl (C=O) groups excluding carboxylic acids is 1. The van der Waals surface area contributed by atoms with Crippen molar-refractivity contribution < 1.29 is 19.1 Å². The minimum absolute atomic E-state index is 0.201. The Balaban J connectivity index is 1.69. The molecule has 1 aliphatic heterocycles. The Labute approximate surface area is 219 Å². The number of hydrogen-bond donors (Lipinski definition) is 2. The van der Waals surface area contributed by atoms with Crippen molar-refractivity contribution in [2.75, 3.05) is 0 Å². The number of nitrogens with zero attached hydrogens (tertiary/aromatic N) is 2. The normalized spacial score (nSPS) is 15.1. The van der Waals surface area contributed by atoms with Gasteiger partial charge in [0.25, 0.3) is 5.56 Å². The molecule has 0 fully saturated rings. The Kier molecular flexibility index (Phi) is 6.71. The van der Waals surface area contributed by atoms with E-state index in [0.29, 0.717) is 27.9 Å². The lowest BCUT2D eigenvalue weighted by atomic mass is 9.91. The van der Waals surface area contributed by atoms with Crippen molar-refractivity contribution >= 4 is 44.4 Å². The molecule has 1 amide bonds. The van der Waals surface area contributed by atoms with Crippen LogP contribution in [-0.2, 0) is 9.59 Å². The van der Waals surface area contributed by atoms with E-state index in [1.807, 2.05) is 48.5 Å². The zero-order valence-corrected chi connectivity index (χ0v) is 21.0. The highest BCUT2D eigenvalue weighted by atomic mass is 79.9. The second-order valence-corrected chi connectivity index (χ2v) is 9.63. The van der Waals surface area contributed by atoms with Crippen LogP contribution >= 0.6 is 15.9 Å². The number of aliphatic carboxylic acids is 1. The maximum atomic E-state index is 13.6. The van der Waals surface area contributed by atoms with Crippen LogP contribution in [0, 0.1) is 5.82 Å². The fraction of sp³-hybridized carbons (Fsp3) is 0.143. The molecule has 2 heterocycles. The number of fused-ring (bicyclic) bond motifs is 1. The number of benzene rings is 3. The second kappa shape index (κ2) is 10.1. The number of amides is 1. The highest BCUT2D eigenvalue weighted by Gasteiger charge is 2.35. The van der Waals surface area contributed by atoms with E-state index in [9.17, 15) is 18.8 Å². The van der Waals surface area contributed by atoms with Crippen molar-refractivity contribution in [3.05, 3.63) is 105 Å². The number of carboxylic acids is 1. The smallest absolute Gasteiger partial charge is 0.303 e. The highest BCUT2D eigenvalue weighted by Crippen LogP contribution is 2.37. The summed E-state index contributed by atoms with van der Waals surface area (Å²) >= 11 is 3.52. The molecule has 1 aromatic heterocycles. The number of halogens is 2. The topological polar surface area (TPSA) is 103 Å². The number of pyridine rings is 1. The first-order valence-electron chi connectivity index (χ1n) is 11.6. The van der Waals surface area contributed by atoms with Crippen LogP contribution in [0.15, 0.2) is 87.2 Å². The molecule has 0 bridgehead atoms. The molecule has 37 heavy (non-hydrogen) atoms. The zero-order valence-electron chi connectivity index (χ0n) is 19.4. The molecule has 0 unspecified atom stereocenters. The number of H-pyrrole nitrogens is 1. The molecule has 5 rings (SSSR count). The van der Waals surface area contributed by atoms with Gasteiger partial charge in [0, 0.05) is 33.8 Å². The first-order chi connectivity index (χ1) is 17.8. The van der Waals surface area contributed by atoms with Crippen molar-refractivity contribution in [3.8, 4) is 11.1 Å². The van der Waals surface area contributed by atoms with Gasteiger partial charge in [0.2, 0.25) is 5.91 Å². The van der Waals surface area contributed by atoms with Gasteiger partial charge in [0.15, 0.2) is 0 Å². The van der Waals surface area contributed by atoms with Crippen LogP contribution in [0.4, 0.5) is 4.39 Å². The molecule has 0 radical (unpaired) electrons. The first kappa shape index (κ1) is 24.6. The molecule has 0 saturated carbocycles. The van der Waals surface area contributed by atoms with Crippen LogP contribution in [0.25, 0.3) is 22.0 Å². The summed E-state index contributed by atoms with van der Waals surface area (Å²) in [7, 11) is 0. The van der Waals surface area contributed by atoms with Crippen molar-refractivity contribution in [1.82, 2.24) is 9.99 Å². The molecule has 0 spiro atoms. The van der Waals surface area contributed by atoms with Gasteiger partial charge in [-0.25, -0.2) is 9.40 Å². The molecule has 3 aromatic carbocycles. The van der Waals surface area contributed by atoms with Crippen LogP contribution in [0.1, 0.15) is 36.4 Å². The first-order valence-corrected chi connectivity index (χ1v) is 12.4. The average Bonchev–Trinajstić information content (AvgIpc) is 3.32. The fourth-order valence-corrected chi connectivity index (χ4v) is 4.97. The summed E-state index contributed by atoms with van der Waals surface area (Å²) in [6.07, 6.45) is -0.403. The van der Waals surface area contributed by atoms with Crippen molar-refractivity contribution in [2.24, 2.45) is 5.10 Å². The van der Waals surface area contributed by atoms with Crippen LogP contribution in [0.3, 0.4) is 0 Å². The van der Waals surface area contributed by atoms with Gasteiger partial charge in [-0.3, -0.25) is 14.4 Å².